The minimum atomic E-state index is -4.36. The van der Waals surface area contributed by atoms with Crippen LogP contribution >= 0.6 is 0 Å². The summed E-state index contributed by atoms with van der Waals surface area (Å²) in [5.41, 5.74) is 1.32. The standard InChI is InChI=1S/C30H32F3N3O3/c1-18(2)25-17-36(16-19-3-5-22(6-4-19)30(31,32)33)12-11-29(25,39)23-7-9-26-20(14-23)13-21(15-34-26)24-8-10-27(37)35-28(24)38/h3-7,9,13-15,18,24-25,39H,8,10-12,16-17H2,1-2H3,(H,35,37,38). The first kappa shape index (κ1) is 27.3. The Balaban J connectivity index is 1.37. The molecule has 0 saturated carbocycles. The molecule has 2 amide bonds. The summed E-state index contributed by atoms with van der Waals surface area (Å²) >= 11 is 0. The van der Waals surface area contributed by atoms with Gasteiger partial charge in [-0.3, -0.25) is 24.8 Å². The zero-order valence-corrected chi connectivity index (χ0v) is 22.0. The third kappa shape index (κ3) is 5.56. The summed E-state index contributed by atoms with van der Waals surface area (Å²) in [6.45, 7) is 5.84. The number of hydrogen-bond acceptors (Lipinski definition) is 5. The number of likely N-dealkylation sites (tertiary alicyclic amines) is 1. The number of carbonyl (C=O) groups excluding carboxylic acids is 2. The molecule has 39 heavy (non-hydrogen) atoms. The van der Waals surface area contributed by atoms with Gasteiger partial charge in [-0.05, 0) is 65.8 Å². The third-order valence-electron chi connectivity index (χ3n) is 8.21. The lowest BCUT2D eigenvalue weighted by Crippen LogP contribution is -2.51. The second-order valence-corrected chi connectivity index (χ2v) is 11.1. The van der Waals surface area contributed by atoms with Crippen molar-refractivity contribution in [2.24, 2.45) is 11.8 Å². The molecule has 3 atom stereocenters. The van der Waals surface area contributed by atoms with Gasteiger partial charge in [0.2, 0.25) is 11.8 Å². The molecule has 2 aliphatic heterocycles. The highest BCUT2D eigenvalue weighted by Crippen LogP contribution is 2.42. The van der Waals surface area contributed by atoms with Crippen molar-refractivity contribution in [2.75, 3.05) is 13.1 Å². The van der Waals surface area contributed by atoms with Gasteiger partial charge >= 0.3 is 6.18 Å². The monoisotopic (exact) mass is 539 g/mol. The van der Waals surface area contributed by atoms with Crippen molar-refractivity contribution in [2.45, 2.75) is 57.3 Å². The number of halogens is 3. The number of amides is 2. The molecule has 0 bridgehead atoms. The molecule has 2 aromatic carbocycles. The largest absolute Gasteiger partial charge is 0.416 e. The predicted molar refractivity (Wildman–Crippen MR) is 140 cm³/mol. The molecule has 2 fully saturated rings. The summed E-state index contributed by atoms with van der Waals surface area (Å²) in [5.74, 6) is -0.983. The van der Waals surface area contributed by atoms with Crippen molar-refractivity contribution in [3.05, 3.63) is 77.0 Å². The maximum absolute atomic E-state index is 12.9. The van der Waals surface area contributed by atoms with Crippen LogP contribution in [0, 0.1) is 11.8 Å². The van der Waals surface area contributed by atoms with Crippen LogP contribution in [0.25, 0.3) is 10.9 Å². The highest BCUT2D eigenvalue weighted by molar-refractivity contribution is 6.01. The molecule has 206 valence electrons. The fourth-order valence-electron chi connectivity index (χ4n) is 5.98. The lowest BCUT2D eigenvalue weighted by molar-refractivity contribution is -0.138. The Labute approximate surface area is 225 Å². The number of benzene rings is 2. The number of fused-ring (bicyclic) bond motifs is 1. The predicted octanol–water partition coefficient (Wildman–Crippen LogP) is 5.14. The molecule has 2 N–H and O–H groups in total. The number of alkyl halides is 3. The van der Waals surface area contributed by atoms with Crippen LogP contribution in [0.4, 0.5) is 13.2 Å². The Morgan fingerprint density at radius 2 is 1.87 bits per heavy atom. The summed E-state index contributed by atoms with van der Waals surface area (Å²) < 4.78 is 38.8. The number of aliphatic hydroxyl groups is 1. The van der Waals surface area contributed by atoms with Crippen molar-refractivity contribution >= 4 is 22.7 Å². The fourth-order valence-corrected chi connectivity index (χ4v) is 5.98. The Hall–Kier alpha value is -3.30. The molecule has 0 spiro atoms. The van der Waals surface area contributed by atoms with Crippen LogP contribution in [-0.2, 0) is 27.9 Å². The van der Waals surface area contributed by atoms with E-state index in [4.69, 9.17) is 0 Å². The molecular formula is C30H32F3N3O3. The Morgan fingerprint density at radius 3 is 2.54 bits per heavy atom. The van der Waals surface area contributed by atoms with Crippen molar-refractivity contribution < 1.29 is 27.9 Å². The highest BCUT2D eigenvalue weighted by atomic mass is 19.4. The molecule has 3 heterocycles. The van der Waals surface area contributed by atoms with E-state index in [0.29, 0.717) is 32.5 Å². The third-order valence-corrected chi connectivity index (χ3v) is 8.21. The van der Waals surface area contributed by atoms with Gasteiger partial charge in [0, 0.05) is 43.6 Å². The van der Waals surface area contributed by atoms with Gasteiger partial charge in [0.05, 0.1) is 22.6 Å². The molecule has 1 aromatic heterocycles. The SMILES string of the molecule is CC(C)C1CN(Cc2ccc(C(F)(F)F)cc2)CCC1(O)c1ccc2ncc(C3CCC(=O)NC3=O)cc2c1. The second-order valence-electron chi connectivity index (χ2n) is 11.1. The number of aromatic nitrogens is 1. The topological polar surface area (TPSA) is 82.5 Å². The van der Waals surface area contributed by atoms with Crippen LogP contribution in [0.2, 0.25) is 0 Å². The molecule has 5 rings (SSSR count). The van der Waals surface area contributed by atoms with Crippen molar-refractivity contribution in [3.63, 3.8) is 0 Å². The zero-order chi connectivity index (χ0) is 27.9. The van der Waals surface area contributed by atoms with Crippen LogP contribution in [0.5, 0.6) is 0 Å². The normalized spacial score (nSPS) is 24.8. The number of imide groups is 1. The van der Waals surface area contributed by atoms with Gasteiger partial charge in [-0.15, -0.1) is 0 Å². The number of pyridine rings is 1. The van der Waals surface area contributed by atoms with E-state index < -0.39 is 23.3 Å². The van der Waals surface area contributed by atoms with Crippen LogP contribution in [0.1, 0.15) is 61.3 Å². The van der Waals surface area contributed by atoms with E-state index in [2.05, 4.69) is 29.0 Å². The highest BCUT2D eigenvalue weighted by Gasteiger charge is 2.44. The molecule has 0 aliphatic carbocycles. The van der Waals surface area contributed by atoms with Crippen LogP contribution in [-0.4, -0.2) is 39.9 Å². The summed E-state index contributed by atoms with van der Waals surface area (Å²) in [4.78, 5) is 30.7. The number of rotatable bonds is 5. The molecule has 2 saturated heterocycles. The molecule has 3 unspecified atom stereocenters. The molecule has 0 radical (unpaired) electrons. The summed E-state index contributed by atoms with van der Waals surface area (Å²) in [7, 11) is 0. The van der Waals surface area contributed by atoms with Crippen molar-refractivity contribution in [1.29, 1.82) is 0 Å². The number of carbonyl (C=O) groups is 2. The molecule has 9 heteroatoms. The van der Waals surface area contributed by atoms with E-state index in [1.807, 2.05) is 24.3 Å². The minimum Gasteiger partial charge on any atom is -0.385 e. The van der Waals surface area contributed by atoms with Gasteiger partial charge in [-0.25, -0.2) is 0 Å². The van der Waals surface area contributed by atoms with Crippen LogP contribution in [0.15, 0.2) is 54.7 Å². The number of hydrogen-bond donors (Lipinski definition) is 2. The Bertz CT molecular complexity index is 1390. The Morgan fingerprint density at radius 1 is 1.13 bits per heavy atom. The smallest absolute Gasteiger partial charge is 0.385 e. The van der Waals surface area contributed by atoms with Gasteiger partial charge in [-0.2, -0.15) is 13.2 Å². The van der Waals surface area contributed by atoms with E-state index >= 15 is 0 Å². The Kier molecular flexibility index (Phi) is 7.24. The lowest BCUT2D eigenvalue weighted by atomic mass is 9.70. The average Bonchev–Trinajstić information content (AvgIpc) is 2.89. The van der Waals surface area contributed by atoms with Crippen LogP contribution in [0.3, 0.4) is 0 Å². The molecular weight excluding hydrogens is 507 g/mol. The van der Waals surface area contributed by atoms with E-state index in [1.54, 1.807) is 6.20 Å². The number of nitrogens with one attached hydrogen (secondary N) is 1. The summed E-state index contributed by atoms with van der Waals surface area (Å²) in [5, 5.41) is 15.3. The van der Waals surface area contributed by atoms with Crippen molar-refractivity contribution in [3.8, 4) is 0 Å². The molecule has 6 nitrogen and oxygen atoms in total. The van der Waals surface area contributed by atoms with Gasteiger partial charge in [0.15, 0.2) is 0 Å². The van der Waals surface area contributed by atoms with E-state index in [-0.39, 0.29) is 30.1 Å². The number of piperidine rings is 2. The van der Waals surface area contributed by atoms with Gasteiger partial charge < -0.3 is 5.11 Å². The van der Waals surface area contributed by atoms with E-state index in [1.165, 1.54) is 12.1 Å². The van der Waals surface area contributed by atoms with E-state index in [9.17, 15) is 27.9 Å². The van der Waals surface area contributed by atoms with Gasteiger partial charge in [-0.1, -0.05) is 32.0 Å². The quantitative estimate of drug-likeness (QED) is 0.439. The van der Waals surface area contributed by atoms with Gasteiger partial charge in [0.25, 0.3) is 0 Å². The van der Waals surface area contributed by atoms with Gasteiger partial charge in [0.1, 0.15) is 0 Å². The molecule has 2 aliphatic rings. The van der Waals surface area contributed by atoms with E-state index in [0.717, 1.165) is 39.7 Å². The molecule has 3 aromatic rings. The maximum Gasteiger partial charge on any atom is 0.416 e. The first-order valence-electron chi connectivity index (χ1n) is 13.3. The first-order chi connectivity index (χ1) is 18.4. The lowest BCUT2D eigenvalue weighted by Gasteiger charge is -2.47. The summed E-state index contributed by atoms with van der Waals surface area (Å²) in [6, 6.07) is 12.9. The summed E-state index contributed by atoms with van der Waals surface area (Å²) in [6.07, 6.45) is -1.49. The zero-order valence-electron chi connectivity index (χ0n) is 22.0. The second kappa shape index (κ2) is 10.4. The maximum atomic E-state index is 12.9. The fraction of sp³-hybridized carbons (Fsp3) is 0.433. The average molecular weight is 540 g/mol. The first-order valence-corrected chi connectivity index (χ1v) is 13.3. The number of nitrogens with zero attached hydrogens (tertiary/aromatic N) is 2. The minimum absolute atomic E-state index is 0.107. The van der Waals surface area contributed by atoms with Crippen LogP contribution < -0.4 is 5.32 Å². The van der Waals surface area contributed by atoms with Crippen molar-refractivity contribution in [1.82, 2.24) is 15.2 Å².